The van der Waals surface area contributed by atoms with Crippen LogP contribution in [0.25, 0.3) is 0 Å². The summed E-state index contributed by atoms with van der Waals surface area (Å²) < 4.78 is 35.7. The first-order valence-corrected chi connectivity index (χ1v) is 3.01. The van der Waals surface area contributed by atoms with Gasteiger partial charge in [0.1, 0.15) is 0 Å². The van der Waals surface area contributed by atoms with E-state index in [1.165, 1.54) is 6.92 Å². The van der Waals surface area contributed by atoms with Crippen molar-refractivity contribution in [3.8, 4) is 0 Å². The van der Waals surface area contributed by atoms with Crippen LogP contribution in [0, 0.1) is 13.8 Å². The highest BCUT2D eigenvalue weighted by atomic mass is 19.4. The predicted octanol–water partition coefficient (Wildman–Crippen LogP) is 1.98. The fourth-order valence-electron chi connectivity index (χ4n) is 0.676. The number of alkyl halides is 3. The second kappa shape index (κ2) is 2.25. The first-order chi connectivity index (χ1) is 4.91. The first-order valence-electron chi connectivity index (χ1n) is 3.01. The third-order valence-electron chi connectivity index (χ3n) is 1.40. The number of hydrogen-bond donors (Lipinski definition) is 0. The van der Waals surface area contributed by atoms with Gasteiger partial charge in [0.15, 0.2) is 0 Å². The minimum atomic E-state index is -4.39. The Morgan fingerprint density at radius 2 is 1.91 bits per heavy atom. The van der Waals surface area contributed by atoms with Crippen molar-refractivity contribution in [2.75, 3.05) is 0 Å². The molecule has 0 bridgehead atoms. The van der Waals surface area contributed by atoms with Gasteiger partial charge in [-0.1, -0.05) is 0 Å². The van der Waals surface area contributed by atoms with Gasteiger partial charge in [0.2, 0.25) is 0 Å². The zero-order chi connectivity index (χ0) is 8.65. The minimum Gasteiger partial charge on any atom is -0.179 e. The Kier molecular flexibility index (Phi) is 1.66. The molecule has 0 saturated carbocycles. The monoisotopic (exact) mass is 164 g/mol. The lowest BCUT2D eigenvalue weighted by Gasteiger charge is -2.03. The third kappa shape index (κ3) is 1.53. The fraction of sp³-hybridized carbons (Fsp3) is 0.500. The van der Waals surface area contributed by atoms with Crippen LogP contribution in [0.15, 0.2) is 6.20 Å². The molecule has 1 heterocycles. The summed E-state index contributed by atoms with van der Waals surface area (Å²) >= 11 is 0. The van der Waals surface area contributed by atoms with Gasteiger partial charge in [-0.3, -0.25) is 0 Å². The van der Waals surface area contributed by atoms with Crippen LogP contribution in [0.1, 0.15) is 11.3 Å². The second-order valence-electron chi connectivity index (χ2n) is 2.31. The minimum absolute atomic E-state index is 0.0116. The molecule has 0 aliphatic rings. The smallest absolute Gasteiger partial charge is 0.179 e. The summed E-state index contributed by atoms with van der Waals surface area (Å²) in [4.78, 5) is 0. The van der Waals surface area contributed by atoms with Gasteiger partial charge in [-0.05, 0) is 19.4 Å². The van der Waals surface area contributed by atoms with Crippen LogP contribution in [0.3, 0.4) is 0 Å². The summed E-state index contributed by atoms with van der Waals surface area (Å²) in [5, 5.41) is 3.27. The molecule has 0 atom stereocenters. The molecule has 0 spiro atoms. The standard InChI is InChI=1S/C6H7F3N2/c1-4-3-11(6(7,8)9)10-5(4)2/h3H,1-2H3. The van der Waals surface area contributed by atoms with Crippen molar-refractivity contribution in [1.29, 1.82) is 0 Å². The molecule has 0 aliphatic carbocycles. The highest BCUT2D eigenvalue weighted by Crippen LogP contribution is 2.21. The number of halogens is 3. The predicted molar refractivity (Wildman–Crippen MR) is 33.0 cm³/mol. The van der Waals surface area contributed by atoms with Gasteiger partial charge >= 0.3 is 6.30 Å². The molecule has 0 aromatic carbocycles. The Labute approximate surface area is 61.6 Å². The van der Waals surface area contributed by atoms with Gasteiger partial charge in [-0.25, -0.2) is 0 Å². The van der Waals surface area contributed by atoms with E-state index in [1.54, 1.807) is 6.92 Å². The molecule has 2 nitrogen and oxygen atoms in total. The molecule has 1 aromatic heterocycles. The van der Waals surface area contributed by atoms with E-state index in [2.05, 4.69) is 5.10 Å². The molecule has 11 heavy (non-hydrogen) atoms. The molecule has 0 N–H and O–H groups in total. The molecule has 62 valence electrons. The summed E-state index contributed by atoms with van der Waals surface area (Å²) in [6.45, 7) is 3.13. The topological polar surface area (TPSA) is 17.8 Å². The van der Waals surface area contributed by atoms with E-state index in [-0.39, 0.29) is 4.68 Å². The highest BCUT2D eigenvalue weighted by Gasteiger charge is 2.31. The van der Waals surface area contributed by atoms with Gasteiger partial charge in [-0.15, -0.1) is 13.2 Å². The van der Waals surface area contributed by atoms with E-state index in [1.807, 2.05) is 0 Å². The SMILES string of the molecule is Cc1cn(C(F)(F)F)nc1C. The zero-order valence-electron chi connectivity index (χ0n) is 6.11. The molecule has 0 saturated heterocycles. The van der Waals surface area contributed by atoms with Gasteiger partial charge in [0.05, 0.1) is 5.69 Å². The normalized spacial score (nSPS) is 12.1. The number of nitrogens with zero attached hydrogens (tertiary/aromatic N) is 2. The van der Waals surface area contributed by atoms with Crippen LogP contribution in [0.2, 0.25) is 0 Å². The van der Waals surface area contributed by atoms with Crippen molar-refractivity contribution in [3.05, 3.63) is 17.5 Å². The molecule has 0 amide bonds. The van der Waals surface area contributed by atoms with Gasteiger partial charge in [0.25, 0.3) is 0 Å². The zero-order valence-corrected chi connectivity index (χ0v) is 6.11. The van der Waals surface area contributed by atoms with E-state index in [4.69, 9.17) is 0 Å². The Balaban J connectivity index is 3.08. The second-order valence-corrected chi connectivity index (χ2v) is 2.31. The van der Waals surface area contributed by atoms with E-state index < -0.39 is 6.30 Å². The Bertz CT molecular complexity index is 242. The van der Waals surface area contributed by atoms with Gasteiger partial charge < -0.3 is 0 Å². The third-order valence-corrected chi connectivity index (χ3v) is 1.40. The largest absolute Gasteiger partial charge is 0.504 e. The van der Waals surface area contributed by atoms with Crippen molar-refractivity contribution in [2.24, 2.45) is 0 Å². The van der Waals surface area contributed by atoms with Crippen molar-refractivity contribution in [1.82, 2.24) is 9.78 Å². The van der Waals surface area contributed by atoms with Gasteiger partial charge in [0, 0.05) is 6.20 Å². The molecule has 1 rings (SSSR count). The lowest BCUT2D eigenvalue weighted by molar-refractivity contribution is -0.212. The van der Waals surface area contributed by atoms with Crippen LogP contribution in [-0.4, -0.2) is 9.78 Å². The van der Waals surface area contributed by atoms with Gasteiger partial charge in [-0.2, -0.15) is 9.78 Å². The Hall–Kier alpha value is -1.00. The highest BCUT2D eigenvalue weighted by molar-refractivity contribution is 5.12. The van der Waals surface area contributed by atoms with E-state index in [0.717, 1.165) is 6.20 Å². The molecule has 1 aromatic rings. The van der Waals surface area contributed by atoms with Crippen LogP contribution >= 0.6 is 0 Å². The molecule has 0 fully saturated rings. The molecular formula is C6H7F3N2. The van der Waals surface area contributed by atoms with Crippen LogP contribution in [-0.2, 0) is 6.30 Å². The number of aromatic nitrogens is 2. The summed E-state index contributed by atoms with van der Waals surface area (Å²) in [7, 11) is 0. The number of hydrogen-bond acceptors (Lipinski definition) is 1. The average Bonchev–Trinajstić information content (AvgIpc) is 2.11. The van der Waals surface area contributed by atoms with E-state index in [0.29, 0.717) is 11.3 Å². The molecule has 5 heteroatoms. The molecule has 0 aliphatic heterocycles. The number of rotatable bonds is 0. The van der Waals surface area contributed by atoms with Crippen molar-refractivity contribution < 1.29 is 13.2 Å². The molecule has 0 radical (unpaired) electrons. The molecular weight excluding hydrogens is 157 g/mol. The summed E-state index contributed by atoms with van der Waals surface area (Å²) in [5.74, 6) is 0. The quantitative estimate of drug-likeness (QED) is 0.573. The van der Waals surface area contributed by atoms with E-state index >= 15 is 0 Å². The summed E-state index contributed by atoms with van der Waals surface area (Å²) in [5.41, 5.74) is 0.949. The van der Waals surface area contributed by atoms with Crippen molar-refractivity contribution in [3.63, 3.8) is 0 Å². The maximum Gasteiger partial charge on any atom is 0.504 e. The maximum atomic E-state index is 11.9. The Morgan fingerprint density at radius 3 is 2.09 bits per heavy atom. The van der Waals surface area contributed by atoms with Crippen LogP contribution < -0.4 is 0 Å². The van der Waals surface area contributed by atoms with Crippen molar-refractivity contribution >= 4 is 0 Å². The van der Waals surface area contributed by atoms with Crippen LogP contribution in [0.4, 0.5) is 13.2 Å². The van der Waals surface area contributed by atoms with E-state index in [9.17, 15) is 13.2 Å². The fourth-order valence-corrected chi connectivity index (χ4v) is 0.676. The number of aryl methyl sites for hydroxylation is 2. The van der Waals surface area contributed by atoms with Crippen LogP contribution in [0.5, 0.6) is 0 Å². The average molecular weight is 164 g/mol. The lowest BCUT2D eigenvalue weighted by atomic mass is 10.3. The first kappa shape index (κ1) is 8.10. The maximum absolute atomic E-state index is 11.9. The Morgan fingerprint density at radius 1 is 1.36 bits per heavy atom. The van der Waals surface area contributed by atoms with Crippen molar-refractivity contribution in [2.45, 2.75) is 20.1 Å². The summed E-state index contributed by atoms with van der Waals surface area (Å²) in [6, 6.07) is 0. The lowest BCUT2D eigenvalue weighted by Crippen LogP contribution is -2.17. The molecule has 0 unspecified atom stereocenters. The summed E-state index contributed by atoms with van der Waals surface area (Å²) in [6.07, 6.45) is -3.42.